The molecule has 1 aliphatic heterocycles. The maximum Gasteiger partial charge on any atom is 0.319 e. The number of likely N-dealkylation sites (tertiary alicyclic amines) is 1. The van der Waals surface area contributed by atoms with Crippen molar-refractivity contribution < 1.29 is 13.2 Å². The van der Waals surface area contributed by atoms with Gasteiger partial charge in [-0.1, -0.05) is 64.5 Å². The van der Waals surface area contributed by atoms with Crippen LogP contribution in [0, 0.1) is 6.92 Å². The first-order valence-electron chi connectivity index (χ1n) is 13.7. The summed E-state index contributed by atoms with van der Waals surface area (Å²) in [6.07, 6.45) is 1.44. The second-order valence-corrected chi connectivity index (χ2v) is 13.1. The maximum absolute atomic E-state index is 13.8. The molecule has 214 valence electrons. The number of rotatable bonds is 9. The van der Waals surface area contributed by atoms with Crippen LogP contribution in [0.3, 0.4) is 0 Å². The van der Waals surface area contributed by atoms with Crippen LogP contribution >= 0.6 is 15.9 Å². The minimum absolute atomic E-state index is 0.112. The first-order chi connectivity index (χ1) is 19.8. The van der Waals surface area contributed by atoms with Crippen LogP contribution < -0.4 is 10.6 Å². The molecule has 0 saturated carbocycles. The van der Waals surface area contributed by atoms with Gasteiger partial charge in [0.05, 0.1) is 16.1 Å². The Labute approximate surface area is 249 Å². The fraction of sp³-hybridized carbons (Fsp3) is 0.290. The fourth-order valence-corrected chi connectivity index (χ4v) is 7.19. The Morgan fingerprint density at radius 2 is 1.68 bits per heavy atom. The molecule has 5 rings (SSSR count). The number of hydrogen-bond acceptors (Lipinski definition) is 5. The lowest BCUT2D eigenvalue weighted by Gasteiger charge is -2.38. The van der Waals surface area contributed by atoms with E-state index in [1.807, 2.05) is 67.6 Å². The third-order valence-electron chi connectivity index (χ3n) is 7.37. The highest BCUT2D eigenvalue weighted by Crippen LogP contribution is 2.28. The number of para-hydroxylation sites is 1. The predicted molar refractivity (Wildman–Crippen MR) is 166 cm³/mol. The minimum Gasteiger partial charge on any atom is -0.337 e. The molecule has 0 atom stereocenters. The van der Waals surface area contributed by atoms with E-state index in [0.29, 0.717) is 24.5 Å². The molecule has 41 heavy (non-hydrogen) atoms. The molecular weight excluding hydrogens is 602 g/mol. The number of amides is 2. The SMILES string of the molecule is Cc1cc(NC(=O)NCCN2CCC(N(Cc3ccccc3)S(=O)(=O)c3ccc(Br)cc3)CC2)c2ccccc2n1. The molecule has 1 saturated heterocycles. The number of nitrogens with one attached hydrogen (secondary N) is 2. The summed E-state index contributed by atoms with van der Waals surface area (Å²) in [5.74, 6) is 0. The van der Waals surface area contributed by atoms with Crippen LogP contribution in [-0.4, -0.2) is 60.9 Å². The van der Waals surface area contributed by atoms with E-state index in [1.165, 1.54) is 0 Å². The number of urea groups is 1. The molecule has 0 aliphatic carbocycles. The van der Waals surface area contributed by atoms with E-state index in [1.54, 1.807) is 28.6 Å². The molecule has 0 bridgehead atoms. The molecule has 0 unspecified atom stereocenters. The van der Waals surface area contributed by atoms with Crippen molar-refractivity contribution in [3.63, 3.8) is 0 Å². The summed E-state index contributed by atoms with van der Waals surface area (Å²) in [7, 11) is -3.69. The van der Waals surface area contributed by atoms with E-state index in [0.717, 1.165) is 58.3 Å². The first-order valence-corrected chi connectivity index (χ1v) is 16.0. The number of aryl methyl sites for hydroxylation is 1. The van der Waals surface area contributed by atoms with Crippen LogP contribution in [0.2, 0.25) is 0 Å². The molecule has 8 nitrogen and oxygen atoms in total. The molecule has 2 amide bonds. The monoisotopic (exact) mass is 635 g/mol. The number of nitrogens with zero attached hydrogens (tertiary/aromatic N) is 3. The molecule has 4 aromatic rings. The third kappa shape index (κ3) is 7.32. The summed E-state index contributed by atoms with van der Waals surface area (Å²) in [5, 5.41) is 6.81. The van der Waals surface area contributed by atoms with Gasteiger partial charge >= 0.3 is 6.03 Å². The number of halogens is 1. The molecule has 10 heteroatoms. The normalized spacial score (nSPS) is 14.8. The number of hydrogen-bond donors (Lipinski definition) is 2. The Morgan fingerprint density at radius 1 is 1.00 bits per heavy atom. The molecule has 1 aromatic heterocycles. The molecule has 1 aliphatic rings. The Morgan fingerprint density at radius 3 is 2.41 bits per heavy atom. The summed E-state index contributed by atoms with van der Waals surface area (Å²) in [6.45, 7) is 4.92. The third-order valence-corrected chi connectivity index (χ3v) is 9.81. The van der Waals surface area contributed by atoms with Gasteiger partial charge in [0.2, 0.25) is 10.0 Å². The molecule has 0 spiro atoms. The van der Waals surface area contributed by atoms with E-state index in [-0.39, 0.29) is 12.1 Å². The minimum atomic E-state index is -3.69. The molecule has 0 radical (unpaired) electrons. The van der Waals surface area contributed by atoms with E-state index >= 15 is 0 Å². The second-order valence-electron chi connectivity index (χ2n) is 10.3. The van der Waals surface area contributed by atoms with Gasteiger partial charge in [-0.3, -0.25) is 4.98 Å². The van der Waals surface area contributed by atoms with Crippen LogP contribution in [0.5, 0.6) is 0 Å². The number of carbonyl (C=O) groups is 1. The van der Waals surface area contributed by atoms with Crippen molar-refractivity contribution in [1.82, 2.24) is 19.5 Å². The van der Waals surface area contributed by atoms with Crippen molar-refractivity contribution in [3.8, 4) is 0 Å². The molecule has 1 fully saturated rings. The number of aromatic nitrogens is 1. The number of fused-ring (bicyclic) bond motifs is 1. The number of benzene rings is 3. The summed E-state index contributed by atoms with van der Waals surface area (Å²) >= 11 is 3.40. The van der Waals surface area contributed by atoms with E-state index in [2.05, 4.69) is 36.4 Å². The smallest absolute Gasteiger partial charge is 0.319 e. The quantitative estimate of drug-likeness (QED) is 0.243. The zero-order chi connectivity index (χ0) is 28.8. The van der Waals surface area contributed by atoms with Gasteiger partial charge in [0.25, 0.3) is 0 Å². The Kier molecular flexibility index (Phi) is 9.34. The van der Waals surface area contributed by atoms with Gasteiger partial charge in [0, 0.05) is 41.2 Å². The summed E-state index contributed by atoms with van der Waals surface area (Å²) in [4.78, 5) is 19.7. The zero-order valence-corrected chi connectivity index (χ0v) is 25.4. The average Bonchev–Trinajstić information content (AvgIpc) is 2.97. The molecular formula is C31H34BrN5O3S. The largest absolute Gasteiger partial charge is 0.337 e. The summed E-state index contributed by atoms with van der Waals surface area (Å²) in [6, 6.07) is 25.8. The topological polar surface area (TPSA) is 94.6 Å². The van der Waals surface area contributed by atoms with Crippen molar-refractivity contribution in [2.24, 2.45) is 0 Å². The van der Waals surface area contributed by atoms with Crippen molar-refractivity contribution in [2.75, 3.05) is 31.5 Å². The molecule has 2 N–H and O–H groups in total. The standard InChI is InChI=1S/C31H34BrN5O3S/c1-23-21-30(28-9-5-6-10-29(28)34-23)35-31(38)33-17-20-36-18-15-26(16-19-36)37(22-24-7-3-2-4-8-24)41(39,40)27-13-11-25(32)12-14-27/h2-14,21,26H,15-20,22H2,1H3,(H2,33,34,35,38). The Hall–Kier alpha value is -3.31. The van der Waals surface area contributed by atoms with Gasteiger partial charge in [-0.05, 0) is 74.8 Å². The van der Waals surface area contributed by atoms with Crippen LogP contribution in [0.4, 0.5) is 10.5 Å². The fourth-order valence-electron chi connectivity index (χ4n) is 5.25. The molecule has 2 heterocycles. The van der Waals surface area contributed by atoms with Crippen LogP contribution in [0.15, 0.2) is 94.3 Å². The average molecular weight is 637 g/mol. The summed E-state index contributed by atoms with van der Waals surface area (Å²) < 4.78 is 30.0. The predicted octanol–water partition coefficient (Wildman–Crippen LogP) is 5.78. The second kappa shape index (κ2) is 13.1. The highest BCUT2D eigenvalue weighted by atomic mass is 79.9. The summed E-state index contributed by atoms with van der Waals surface area (Å²) in [5.41, 5.74) is 3.37. The van der Waals surface area contributed by atoms with Crippen molar-refractivity contribution in [2.45, 2.75) is 37.2 Å². The number of piperidine rings is 1. The lowest BCUT2D eigenvalue weighted by atomic mass is 10.0. The van der Waals surface area contributed by atoms with E-state index in [9.17, 15) is 13.2 Å². The number of pyridine rings is 1. The highest BCUT2D eigenvalue weighted by molar-refractivity contribution is 9.10. The van der Waals surface area contributed by atoms with Gasteiger partial charge < -0.3 is 15.5 Å². The number of sulfonamides is 1. The van der Waals surface area contributed by atoms with Crippen LogP contribution in [-0.2, 0) is 16.6 Å². The van der Waals surface area contributed by atoms with Gasteiger partial charge in [-0.2, -0.15) is 4.31 Å². The van der Waals surface area contributed by atoms with Crippen molar-refractivity contribution >= 4 is 48.6 Å². The lowest BCUT2D eigenvalue weighted by molar-refractivity contribution is 0.157. The van der Waals surface area contributed by atoms with Gasteiger partial charge in [-0.25, -0.2) is 13.2 Å². The number of anilines is 1. The zero-order valence-electron chi connectivity index (χ0n) is 23.0. The van der Waals surface area contributed by atoms with Gasteiger partial charge in [-0.15, -0.1) is 0 Å². The number of carbonyl (C=O) groups excluding carboxylic acids is 1. The lowest BCUT2D eigenvalue weighted by Crippen LogP contribution is -2.48. The maximum atomic E-state index is 13.8. The van der Waals surface area contributed by atoms with Gasteiger partial charge in [0.15, 0.2) is 0 Å². The van der Waals surface area contributed by atoms with E-state index < -0.39 is 10.0 Å². The first kappa shape index (κ1) is 29.2. The highest BCUT2D eigenvalue weighted by Gasteiger charge is 2.34. The Balaban J connectivity index is 1.17. The van der Waals surface area contributed by atoms with Gasteiger partial charge in [0.1, 0.15) is 0 Å². The Bertz CT molecular complexity index is 1590. The molecule has 3 aromatic carbocycles. The van der Waals surface area contributed by atoms with E-state index in [4.69, 9.17) is 0 Å². The van der Waals surface area contributed by atoms with Crippen molar-refractivity contribution in [1.29, 1.82) is 0 Å². The van der Waals surface area contributed by atoms with Crippen LogP contribution in [0.25, 0.3) is 10.9 Å². The van der Waals surface area contributed by atoms with Crippen molar-refractivity contribution in [3.05, 3.63) is 101 Å². The van der Waals surface area contributed by atoms with Crippen LogP contribution in [0.1, 0.15) is 24.1 Å².